The lowest BCUT2D eigenvalue weighted by atomic mass is 9.65. The van der Waals surface area contributed by atoms with E-state index in [9.17, 15) is 9.59 Å². The zero-order valence-corrected chi connectivity index (χ0v) is 23.0. The number of likely N-dealkylation sites (tertiary alicyclic amines) is 1. The van der Waals surface area contributed by atoms with Crippen LogP contribution >= 0.6 is 0 Å². The molecule has 1 saturated carbocycles. The van der Waals surface area contributed by atoms with Gasteiger partial charge in [-0.2, -0.15) is 0 Å². The van der Waals surface area contributed by atoms with Crippen LogP contribution in [0.4, 0.5) is 0 Å². The molecule has 5 nitrogen and oxygen atoms in total. The van der Waals surface area contributed by atoms with Crippen LogP contribution in [0.2, 0.25) is 0 Å². The third-order valence-electron chi connectivity index (χ3n) is 8.76. The molecule has 0 aromatic heterocycles. The fourth-order valence-corrected chi connectivity index (χ4v) is 6.48. The Morgan fingerprint density at radius 2 is 1.76 bits per heavy atom. The topological polar surface area (TPSA) is 64.5 Å². The van der Waals surface area contributed by atoms with Gasteiger partial charge in [-0.15, -0.1) is 0 Å². The molecule has 2 atom stereocenters. The summed E-state index contributed by atoms with van der Waals surface area (Å²) in [6.45, 7) is 9.89. The first-order valence-electron chi connectivity index (χ1n) is 14.3. The van der Waals surface area contributed by atoms with E-state index < -0.39 is 5.41 Å². The maximum atomic E-state index is 13.8. The standard InChI is InChI=1S/C29H53N3O2/c1-6-8-13-18-29(20-21-32(23-29)26(33)16-9-7-2)22-28(4,27(34)31(5)24(3)30)19-17-25-14-11-10-12-15-25/h25,30H,6-23H2,1-5H3. The number of nitrogens with zero attached hydrogens (tertiary/aromatic N) is 2. The molecule has 5 heteroatoms. The maximum absolute atomic E-state index is 13.8. The minimum atomic E-state index is -0.483. The minimum Gasteiger partial charge on any atom is -0.342 e. The van der Waals surface area contributed by atoms with Crippen LogP contribution in [0.15, 0.2) is 0 Å². The lowest BCUT2D eigenvalue weighted by Gasteiger charge is -2.41. The SMILES string of the molecule is CCCCCC1(CC(C)(CCC2CCCCC2)C(=O)N(C)C(C)=N)CCN(C(=O)CCCC)C1. The summed E-state index contributed by atoms with van der Waals surface area (Å²) in [5.74, 6) is 1.44. The Morgan fingerprint density at radius 3 is 2.38 bits per heavy atom. The number of hydrogen-bond donors (Lipinski definition) is 1. The van der Waals surface area contributed by atoms with Crippen molar-refractivity contribution in [3.8, 4) is 0 Å². The minimum absolute atomic E-state index is 0.0186. The van der Waals surface area contributed by atoms with Gasteiger partial charge in [0.2, 0.25) is 11.8 Å². The molecule has 0 aromatic carbocycles. The maximum Gasteiger partial charge on any atom is 0.233 e. The molecule has 34 heavy (non-hydrogen) atoms. The summed E-state index contributed by atoms with van der Waals surface area (Å²) in [5.41, 5.74) is -0.464. The van der Waals surface area contributed by atoms with Gasteiger partial charge in [-0.05, 0) is 56.8 Å². The van der Waals surface area contributed by atoms with E-state index >= 15 is 0 Å². The van der Waals surface area contributed by atoms with Gasteiger partial charge in [0.1, 0.15) is 0 Å². The van der Waals surface area contributed by atoms with Crippen molar-refractivity contribution in [1.82, 2.24) is 9.80 Å². The van der Waals surface area contributed by atoms with Crippen molar-refractivity contribution in [1.29, 1.82) is 5.41 Å². The van der Waals surface area contributed by atoms with Crippen LogP contribution in [-0.2, 0) is 9.59 Å². The summed E-state index contributed by atoms with van der Waals surface area (Å²) in [7, 11) is 1.77. The zero-order chi connectivity index (χ0) is 25.2. The first kappa shape index (κ1) is 28.8. The van der Waals surface area contributed by atoms with Crippen LogP contribution in [0, 0.1) is 22.2 Å². The van der Waals surface area contributed by atoms with Crippen molar-refractivity contribution < 1.29 is 9.59 Å². The number of rotatable bonds is 13. The quantitative estimate of drug-likeness (QED) is 0.174. The molecular weight excluding hydrogens is 422 g/mol. The molecule has 1 N–H and O–H groups in total. The monoisotopic (exact) mass is 475 g/mol. The van der Waals surface area contributed by atoms with Crippen molar-refractivity contribution in [3.63, 3.8) is 0 Å². The number of nitrogens with one attached hydrogen (secondary N) is 1. The molecule has 0 bridgehead atoms. The Morgan fingerprint density at radius 1 is 1.09 bits per heavy atom. The van der Waals surface area contributed by atoms with Crippen molar-refractivity contribution in [2.75, 3.05) is 20.1 Å². The van der Waals surface area contributed by atoms with E-state index in [1.54, 1.807) is 18.9 Å². The van der Waals surface area contributed by atoms with Crippen LogP contribution in [0.25, 0.3) is 0 Å². The van der Waals surface area contributed by atoms with Gasteiger partial charge < -0.3 is 9.80 Å². The highest BCUT2D eigenvalue weighted by molar-refractivity contribution is 5.97. The number of carbonyl (C=O) groups excluding carboxylic acids is 2. The van der Waals surface area contributed by atoms with E-state index in [0.717, 1.165) is 64.0 Å². The largest absolute Gasteiger partial charge is 0.342 e. The van der Waals surface area contributed by atoms with Crippen LogP contribution in [0.5, 0.6) is 0 Å². The third kappa shape index (κ3) is 8.09. The summed E-state index contributed by atoms with van der Waals surface area (Å²) in [6.07, 6.45) is 17.7. The molecule has 1 saturated heterocycles. The highest BCUT2D eigenvalue weighted by Crippen LogP contribution is 2.48. The van der Waals surface area contributed by atoms with Gasteiger partial charge in [0.25, 0.3) is 0 Å². The molecule has 2 rings (SSSR count). The zero-order valence-electron chi connectivity index (χ0n) is 23.0. The average Bonchev–Trinajstić information content (AvgIpc) is 3.24. The van der Waals surface area contributed by atoms with Crippen molar-refractivity contribution >= 4 is 17.6 Å². The summed E-state index contributed by atoms with van der Waals surface area (Å²) < 4.78 is 0. The van der Waals surface area contributed by atoms with E-state index in [-0.39, 0.29) is 11.3 Å². The lowest BCUT2D eigenvalue weighted by Crippen LogP contribution is -2.46. The second kappa shape index (κ2) is 13.6. The Balaban J connectivity index is 2.24. The molecule has 0 radical (unpaired) electrons. The first-order chi connectivity index (χ1) is 16.2. The Hall–Kier alpha value is -1.39. The normalized spacial score (nSPS) is 23.0. The summed E-state index contributed by atoms with van der Waals surface area (Å²) >= 11 is 0. The van der Waals surface area contributed by atoms with Gasteiger partial charge in [-0.3, -0.25) is 15.0 Å². The van der Waals surface area contributed by atoms with Gasteiger partial charge in [-0.1, -0.05) is 78.6 Å². The molecule has 196 valence electrons. The smallest absolute Gasteiger partial charge is 0.233 e. The molecule has 2 unspecified atom stereocenters. The van der Waals surface area contributed by atoms with Gasteiger partial charge >= 0.3 is 0 Å². The number of carbonyl (C=O) groups is 2. The number of unbranched alkanes of at least 4 members (excludes halogenated alkanes) is 3. The van der Waals surface area contributed by atoms with E-state index in [4.69, 9.17) is 5.41 Å². The second-order valence-electron chi connectivity index (χ2n) is 11.9. The van der Waals surface area contributed by atoms with E-state index in [1.807, 2.05) is 0 Å². The number of hydrogen-bond acceptors (Lipinski definition) is 3. The fraction of sp³-hybridized carbons (Fsp3) is 0.897. The summed E-state index contributed by atoms with van der Waals surface area (Å²) in [5, 5.41) is 8.11. The van der Waals surface area contributed by atoms with Gasteiger partial charge in [0.15, 0.2) is 0 Å². The highest BCUT2D eigenvalue weighted by atomic mass is 16.2. The molecule has 2 fully saturated rings. The van der Waals surface area contributed by atoms with Gasteiger partial charge in [-0.25, -0.2) is 0 Å². The molecule has 2 amide bonds. The second-order valence-corrected chi connectivity index (χ2v) is 11.9. The van der Waals surface area contributed by atoms with Crippen LogP contribution < -0.4 is 0 Å². The van der Waals surface area contributed by atoms with Crippen molar-refractivity contribution in [2.24, 2.45) is 16.7 Å². The van der Waals surface area contributed by atoms with E-state index in [0.29, 0.717) is 18.2 Å². The molecule has 2 aliphatic rings. The Labute approximate surface area is 209 Å². The predicted octanol–water partition coefficient (Wildman–Crippen LogP) is 7.19. The van der Waals surface area contributed by atoms with Crippen LogP contribution in [0.1, 0.15) is 130 Å². The Kier molecular flexibility index (Phi) is 11.6. The van der Waals surface area contributed by atoms with Crippen LogP contribution in [-0.4, -0.2) is 47.6 Å². The van der Waals surface area contributed by atoms with E-state index in [2.05, 4.69) is 25.7 Å². The fourth-order valence-electron chi connectivity index (χ4n) is 6.48. The molecule has 1 aliphatic carbocycles. The van der Waals surface area contributed by atoms with Gasteiger partial charge in [0, 0.05) is 32.0 Å². The molecular formula is C29H53N3O2. The predicted molar refractivity (Wildman–Crippen MR) is 142 cm³/mol. The number of amidine groups is 1. The van der Waals surface area contributed by atoms with Crippen molar-refractivity contribution in [2.45, 2.75) is 130 Å². The summed E-state index contributed by atoms with van der Waals surface area (Å²) in [4.78, 5) is 30.3. The molecule has 1 aliphatic heterocycles. The lowest BCUT2D eigenvalue weighted by molar-refractivity contribution is -0.139. The van der Waals surface area contributed by atoms with E-state index in [1.165, 1.54) is 51.4 Å². The number of amides is 2. The average molecular weight is 476 g/mol. The molecule has 1 heterocycles. The summed E-state index contributed by atoms with van der Waals surface area (Å²) in [6, 6.07) is 0. The third-order valence-corrected chi connectivity index (χ3v) is 8.76. The Bertz CT molecular complexity index is 672. The van der Waals surface area contributed by atoms with Crippen LogP contribution in [0.3, 0.4) is 0 Å². The highest BCUT2D eigenvalue weighted by Gasteiger charge is 2.47. The van der Waals surface area contributed by atoms with Crippen molar-refractivity contribution in [3.05, 3.63) is 0 Å². The first-order valence-corrected chi connectivity index (χ1v) is 14.3. The molecule has 0 spiro atoms. The van der Waals surface area contributed by atoms with Gasteiger partial charge in [0.05, 0.1) is 5.84 Å². The molecule has 0 aromatic rings.